The molecule has 8 aliphatic rings. The van der Waals surface area contributed by atoms with Gasteiger partial charge in [0.2, 0.25) is 5.91 Å². The molecule has 5 aliphatic carbocycles. The van der Waals surface area contributed by atoms with Crippen LogP contribution in [0, 0.1) is 50.7 Å². The minimum Gasteiger partial charge on any atom is -0.390 e. The second-order valence-corrected chi connectivity index (χ2v) is 20.4. The van der Waals surface area contributed by atoms with Crippen molar-refractivity contribution in [3.05, 3.63) is 0 Å². The largest absolute Gasteiger partial charge is 0.390 e. The molecule has 1 amide bonds. The molecule has 0 bridgehead atoms. The number of fused-ring (bicyclic) bond motifs is 4. The molecule has 15 atom stereocenters. The monoisotopic (exact) mass is 715 g/mol. The third kappa shape index (κ3) is 5.13. The Morgan fingerprint density at radius 2 is 1.73 bits per heavy atom. The van der Waals surface area contributed by atoms with E-state index in [0.717, 1.165) is 51.7 Å². The maximum absolute atomic E-state index is 13.0. The quantitative estimate of drug-likeness (QED) is 0.334. The van der Waals surface area contributed by atoms with Crippen molar-refractivity contribution in [2.45, 2.75) is 169 Å². The van der Waals surface area contributed by atoms with Crippen LogP contribution in [0.4, 0.5) is 0 Å². The first-order chi connectivity index (χ1) is 24.0. The molecule has 9 nitrogen and oxygen atoms in total. The summed E-state index contributed by atoms with van der Waals surface area (Å²) < 4.78 is 26.3. The molecule has 2 spiro atoms. The van der Waals surface area contributed by atoms with Gasteiger partial charge in [0.25, 0.3) is 0 Å². The van der Waals surface area contributed by atoms with E-state index >= 15 is 0 Å². The fraction of sp³-hybridized carbons (Fsp3) is 0.976. The first-order valence-electron chi connectivity index (χ1n) is 20.9. The molecular weight excluding hydrogens is 644 g/mol. The lowest BCUT2D eigenvalue weighted by atomic mass is 9.41. The van der Waals surface area contributed by atoms with E-state index in [1.54, 1.807) is 0 Å². The Bertz CT molecular complexity index is 1350. The molecule has 5 saturated carbocycles. The van der Waals surface area contributed by atoms with E-state index in [1.807, 2.05) is 32.6 Å². The van der Waals surface area contributed by atoms with E-state index in [2.05, 4.69) is 39.5 Å². The summed E-state index contributed by atoms with van der Waals surface area (Å²) in [5.41, 5.74) is -0.659. The first-order valence-corrected chi connectivity index (χ1v) is 20.9. The smallest absolute Gasteiger partial charge is 0.239 e. The van der Waals surface area contributed by atoms with Crippen molar-refractivity contribution in [3.8, 4) is 0 Å². The second-order valence-electron chi connectivity index (χ2n) is 20.4. The summed E-state index contributed by atoms with van der Waals surface area (Å²) in [6.07, 6.45) is 8.60. The Balaban J connectivity index is 0.993. The number of carbonyl (C=O) groups is 1. The minimum atomic E-state index is -1.02. The molecule has 9 heteroatoms. The van der Waals surface area contributed by atoms with E-state index in [1.165, 1.54) is 25.7 Å². The lowest BCUT2D eigenvalue weighted by Crippen LogP contribution is -2.60. The summed E-state index contributed by atoms with van der Waals surface area (Å²) in [6.45, 7) is 24.3. The maximum atomic E-state index is 13.0. The number of carbonyl (C=O) groups excluding carboxylic acids is 1. The Morgan fingerprint density at radius 1 is 1.02 bits per heavy atom. The molecule has 0 radical (unpaired) electrons. The molecule has 290 valence electrons. The van der Waals surface area contributed by atoms with Gasteiger partial charge in [-0.05, 0) is 131 Å². The molecule has 0 aromatic rings. The predicted octanol–water partition coefficient (Wildman–Crippen LogP) is 5.64. The van der Waals surface area contributed by atoms with Crippen molar-refractivity contribution in [2.24, 2.45) is 50.7 Å². The molecule has 51 heavy (non-hydrogen) atoms. The zero-order valence-corrected chi connectivity index (χ0v) is 33.3. The van der Waals surface area contributed by atoms with Gasteiger partial charge in [-0.1, -0.05) is 34.6 Å². The highest BCUT2D eigenvalue weighted by Gasteiger charge is 2.84. The van der Waals surface area contributed by atoms with E-state index in [-0.39, 0.29) is 58.2 Å². The van der Waals surface area contributed by atoms with Crippen molar-refractivity contribution < 1.29 is 34.0 Å². The van der Waals surface area contributed by atoms with Crippen molar-refractivity contribution in [3.63, 3.8) is 0 Å². The predicted molar refractivity (Wildman–Crippen MR) is 195 cm³/mol. The molecule has 6 unspecified atom stereocenters. The standard InChI is InChI=1S/C42H70N2O7/c1-10-48-35(38(6,7)47)27-22-25(2)32-33(50-27)34(45)40(9)29-13-12-28-37(4,5)30(14-15-41(28)24-42(29,41)17-16-39(32,40)8)51-31-23-44(20-21-49-31)26(3)36(46)43-18-11-19-43/h25-35,45,47H,10-24H2,1-9H3/t25-,26-,27?,28+,29?,30+,31+,32+,33?,34+,35+,39?,40-,41?,42?/m1/s1. The van der Waals surface area contributed by atoms with E-state index < -0.39 is 17.8 Å². The molecule has 3 heterocycles. The number of hydrogen-bond donors (Lipinski definition) is 2. The van der Waals surface area contributed by atoms with Gasteiger partial charge < -0.3 is 34.1 Å². The van der Waals surface area contributed by atoms with Gasteiger partial charge in [-0.3, -0.25) is 9.69 Å². The van der Waals surface area contributed by atoms with Gasteiger partial charge in [-0.15, -0.1) is 0 Å². The summed E-state index contributed by atoms with van der Waals surface area (Å²) in [4.78, 5) is 17.3. The van der Waals surface area contributed by atoms with Gasteiger partial charge in [0.15, 0.2) is 6.29 Å². The van der Waals surface area contributed by atoms with Gasteiger partial charge in [-0.25, -0.2) is 0 Å². The third-order valence-electron chi connectivity index (χ3n) is 17.6. The lowest BCUT2D eigenvalue weighted by molar-refractivity contribution is -0.250. The van der Waals surface area contributed by atoms with Crippen LogP contribution in [-0.4, -0.2) is 114 Å². The fourth-order valence-electron chi connectivity index (χ4n) is 14.9. The number of nitrogens with zero attached hydrogens (tertiary/aromatic N) is 2. The van der Waals surface area contributed by atoms with Crippen molar-refractivity contribution >= 4 is 5.91 Å². The van der Waals surface area contributed by atoms with E-state index in [9.17, 15) is 15.0 Å². The SMILES string of the molecule is CCO[C@@H](C1C[C@@H](C)[C@H]2C(O1)[C@H](O)[C@@]1(C)C3CC[C@H]4C(C)(C)[C@@H](O[C@H]5CN([C@H](C)C(=O)N6CCC6)CCO5)CCC45CC35CCC21C)C(C)(C)O. The van der Waals surface area contributed by atoms with Crippen molar-refractivity contribution in [1.29, 1.82) is 0 Å². The summed E-state index contributed by atoms with van der Waals surface area (Å²) in [5.74, 6) is 1.97. The van der Waals surface area contributed by atoms with Crippen LogP contribution in [-0.2, 0) is 23.7 Å². The minimum absolute atomic E-state index is 0.00194. The molecule has 3 saturated heterocycles. The summed E-state index contributed by atoms with van der Waals surface area (Å²) >= 11 is 0. The average Bonchev–Trinajstić information content (AvgIpc) is 3.68. The molecule has 8 fully saturated rings. The van der Waals surface area contributed by atoms with Gasteiger partial charge in [-0.2, -0.15) is 0 Å². The zero-order chi connectivity index (χ0) is 36.5. The van der Waals surface area contributed by atoms with Crippen LogP contribution in [0.2, 0.25) is 0 Å². The molecule has 8 rings (SSSR count). The van der Waals surface area contributed by atoms with Crippen LogP contribution >= 0.6 is 0 Å². The number of hydrogen-bond acceptors (Lipinski definition) is 8. The number of aliphatic hydroxyl groups excluding tert-OH is 1. The second kappa shape index (κ2) is 12.3. The van der Waals surface area contributed by atoms with Crippen LogP contribution in [0.3, 0.4) is 0 Å². The number of likely N-dealkylation sites (tertiary alicyclic amines) is 1. The Morgan fingerprint density at radius 3 is 2.39 bits per heavy atom. The van der Waals surface area contributed by atoms with Crippen LogP contribution in [0.15, 0.2) is 0 Å². The lowest BCUT2D eigenvalue weighted by Gasteiger charge is -2.64. The van der Waals surface area contributed by atoms with Gasteiger partial charge in [0.1, 0.15) is 6.10 Å². The van der Waals surface area contributed by atoms with Crippen molar-refractivity contribution in [1.82, 2.24) is 9.80 Å². The van der Waals surface area contributed by atoms with Crippen LogP contribution in [0.25, 0.3) is 0 Å². The molecule has 0 aromatic heterocycles. The van der Waals surface area contributed by atoms with E-state index in [0.29, 0.717) is 48.8 Å². The van der Waals surface area contributed by atoms with E-state index in [4.69, 9.17) is 18.9 Å². The summed E-state index contributed by atoms with van der Waals surface area (Å²) in [7, 11) is 0. The topological polar surface area (TPSA) is 101 Å². The molecular formula is C42H70N2O7. The Kier molecular flexibility index (Phi) is 8.99. The van der Waals surface area contributed by atoms with Crippen LogP contribution in [0.1, 0.15) is 120 Å². The molecule has 3 aliphatic heterocycles. The zero-order valence-electron chi connectivity index (χ0n) is 33.3. The van der Waals surface area contributed by atoms with Gasteiger partial charge in [0, 0.05) is 31.7 Å². The highest BCUT2D eigenvalue weighted by Crippen LogP contribution is 2.89. The number of rotatable bonds is 8. The van der Waals surface area contributed by atoms with Gasteiger partial charge >= 0.3 is 0 Å². The third-order valence-corrected chi connectivity index (χ3v) is 17.6. The summed E-state index contributed by atoms with van der Waals surface area (Å²) in [6, 6.07) is -0.135. The Labute approximate surface area is 307 Å². The number of aliphatic hydroxyl groups is 2. The highest BCUT2D eigenvalue weighted by molar-refractivity contribution is 5.82. The first kappa shape index (κ1) is 37.1. The fourth-order valence-corrected chi connectivity index (χ4v) is 14.9. The number of ether oxygens (including phenoxy) is 4. The normalized spacial score (nSPS) is 50.1. The number of amides is 1. The Hall–Kier alpha value is -0.810. The van der Waals surface area contributed by atoms with Crippen LogP contribution in [0.5, 0.6) is 0 Å². The van der Waals surface area contributed by atoms with Gasteiger partial charge in [0.05, 0.1) is 49.2 Å². The number of morpholine rings is 1. The maximum Gasteiger partial charge on any atom is 0.239 e. The summed E-state index contributed by atoms with van der Waals surface area (Å²) in [5, 5.41) is 23.7. The molecule has 2 N–H and O–H groups in total. The average molecular weight is 715 g/mol. The van der Waals surface area contributed by atoms with Crippen molar-refractivity contribution in [2.75, 3.05) is 39.4 Å². The highest BCUT2D eigenvalue weighted by atomic mass is 16.7. The van der Waals surface area contributed by atoms with Crippen LogP contribution < -0.4 is 0 Å². The molecule has 0 aromatic carbocycles.